The molecule has 7 nitrogen and oxygen atoms in total. The molecule has 3 amide bonds. The van der Waals surface area contributed by atoms with E-state index in [4.69, 9.17) is 9.47 Å². The van der Waals surface area contributed by atoms with Gasteiger partial charge in [0.15, 0.2) is 0 Å². The van der Waals surface area contributed by atoms with E-state index < -0.39 is 0 Å². The third-order valence-corrected chi connectivity index (χ3v) is 5.17. The summed E-state index contributed by atoms with van der Waals surface area (Å²) in [5, 5.41) is 2.99. The molecule has 1 fully saturated rings. The van der Waals surface area contributed by atoms with E-state index >= 15 is 0 Å². The molecular weight excluding hydrogens is 358 g/mol. The summed E-state index contributed by atoms with van der Waals surface area (Å²) in [5.41, 5.74) is 2.68. The van der Waals surface area contributed by atoms with E-state index in [0.29, 0.717) is 38.4 Å². The zero-order chi connectivity index (χ0) is 19.5. The number of cyclic esters (lactones) is 1. The van der Waals surface area contributed by atoms with Crippen LogP contribution in [0, 0.1) is 0 Å². The van der Waals surface area contributed by atoms with E-state index in [1.54, 1.807) is 16.9 Å². The first-order valence-electron chi connectivity index (χ1n) is 9.35. The highest BCUT2D eigenvalue weighted by molar-refractivity contribution is 5.91. The summed E-state index contributed by atoms with van der Waals surface area (Å²) >= 11 is 0. The van der Waals surface area contributed by atoms with Crippen molar-refractivity contribution in [1.82, 2.24) is 10.2 Å². The largest absolute Gasteiger partial charge is 0.497 e. The number of hydrogen-bond donors (Lipinski definition) is 1. The molecule has 0 bridgehead atoms. The molecule has 0 aliphatic carbocycles. The number of rotatable bonds is 3. The third kappa shape index (κ3) is 3.60. The number of nitrogens with zero attached hydrogens (tertiary/aromatic N) is 2. The Morgan fingerprint density at radius 2 is 2.07 bits per heavy atom. The number of carbonyl (C=O) groups is 2. The zero-order valence-corrected chi connectivity index (χ0v) is 15.8. The number of methoxy groups -OCH3 is 1. The topological polar surface area (TPSA) is 71.1 Å². The molecule has 0 radical (unpaired) electrons. The maximum Gasteiger partial charge on any atom is 0.414 e. The standard InChI is InChI=1S/C21H23N3O4/c1-27-18-7-8-19-16(11-18)13-23(10-9-17-14-28-21(26)24(17)19)20(25)22-12-15-5-3-2-4-6-15/h2-8,11,17H,9-10,12-14H2,1H3,(H,22,25). The van der Waals surface area contributed by atoms with Crippen LogP contribution in [0.4, 0.5) is 15.3 Å². The van der Waals surface area contributed by atoms with Crippen molar-refractivity contribution < 1.29 is 19.1 Å². The van der Waals surface area contributed by atoms with Gasteiger partial charge in [0.05, 0.1) is 18.8 Å². The molecule has 0 aromatic heterocycles. The molecule has 2 aliphatic heterocycles. The molecule has 1 atom stereocenters. The summed E-state index contributed by atoms with van der Waals surface area (Å²) in [6, 6.07) is 15.2. The molecule has 7 heteroatoms. The second-order valence-corrected chi connectivity index (χ2v) is 6.95. The molecule has 2 aromatic carbocycles. The first kappa shape index (κ1) is 18.2. The van der Waals surface area contributed by atoms with E-state index in [-0.39, 0.29) is 18.2 Å². The number of amides is 3. The van der Waals surface area contributed by atoms with E-state index in [2.05, 4.69) is 5.32 Å². The highest BCUT2D eigenvalue weighted by Gasteiger charge is 2.37. The summed E-state index contributed by atoms with van der Waals surface area (Å²) in [4.78, 5) is 28.6. The normalized spacial score (nSPS) is 18.5. The van der Waals surface area contributed by atoms with Gasteiger partial charge in [-0.3, -0.25) is 4.90 Å². The van der Waals surface area contributed by atoms with Crippen LogP contribution < -0.4 is 15.0 Å². The Hall–Kier alpha value is -3.22. The molecule has 0 spiro atoms. The molecule has 2 heterocycles. The van der Waals surface area contributed by atoms with Crippen molar-refractivity contribution in [2.24, 2.45) is 0 Å². The zero-order valence-electron chi connectivity index (χ0n) is 15.8. The van der Waals surface area contributed by atoms with Crippen molar-refractivity contribution in [3.8, 4) is 5.75 Å². The van der Waals surface area contributed by atoms with Crippen molar-refractivity contribution in [1.29, 1.82) is 0 Å². The molecule has 1 unspecified atom stereocenters. The van der Waals surface area contributed by atoms with Crippen LogP contribution >= 0.6 is 0 Å². The number of hydrogen-bond acceptors (Lipinski definition) is 4. The van der Waals surface area contributed by atoms with Crippen LogP contribution in [0.2, 0.25) is 0 Å². The smallest absolute Gasteiger partial charge is 0.414 e. The summed E-state index contributed by atoms with van der Waals surface area (Å²) in [5.74, 6) is 0.688. The average molecular weight is 381 g/mol. The fraction of sp³-hybridized carbons (Fsp3) is 0.333. The molecule has 4 rings (SSSR count). The van der Waals surface area contributed by atoms with Crippen LogP contribution in [0.5, 0.6) is 5.75 Å². The summed E-state index contributed by atoms with van der Waals surface area (Å²) in [7, 11) is 1.60. The van der Waals surface area contributed by atoms with Crippen LogP contribution in [0.25, 0.3) is 0 Å². The second-order valence-electron chi connectivity index (χ2n) is 6.95. The molecule has 146 valence electrons. The van der Waals surface area contributed by atoms with Crippen LogP contribution in [-0.2, 0) is 17.8 Å². The Morgan fingerprint density at radius 3 is 2.86 bits per heavy atom. The lowest BCUT2D eigenvalue weighted by molar-refractivity contribution is 0.176. The highest BCUT2D eigenvalue weighted by Crippen LogP contribution is 2.33. The number of benzene rings is 2. The van der Waals surface area contributed by atoms with Crippen molar-refractivity contribution in [3.05, 3.63) is 59.7 Å². The summed E-state index contributed by atoms with van der Waals surface area (Å²) < 4.78 is 10.6. The van der Waals surface area contributed by atoms with Crippen LogP contribution in [0.3, 0.4) is 0 Å². The van der Waals surface area contributed by atoms with Crippen LogP contribution in [0.1, 0.15) is 17.5 Å². The molecular formula is C21H23N3O4. The van der Waals surface area contributed by atoms with Gasteiger partial charge in [-0.1, -0.05) is 30.3 Å². The van der Waals surface area contributed by atoms with E-state index in [0.717, 1.165) is 16.8 Å². The second kappa shape index (κ2) is 7.80. The fourth-order valence-electron chi connectivity index (χ4n) is 3.67. The highest BCUT2D eigenvalue weighted by atomic mass is 16.6. The quantitative estimate of drug-likeness (QED) is 0.887. The number of carbonyl (C=O) groups excluding carboxylic acids is 2. The first-order valence-corrected chi connectivity index (χ1v) is 9.35. The Balaban J connectivity index is 1.56. The van der Waals surface area contributed by atoms with Gasteiger partial charge in [0, 0.05) is 19.6 Å². The van der Waals surface area contributed by atoms with Crippen molar-refractivity contribution in [2.75, 3.05) is 25.2 Å². The maximum atomic E-state index is 12.8. The van der Waals surface area contributed by atoms with Gasteiger partial charge in [-0.25, -0.2) is 9.59 Å². The van der Waals surface area contributed by atoms with Gasteiger partial charge in [-0.15, -0.1) is 0 Å². The lowest BCUT2D eigenvalue weighted by Crippen LogP contribution is -2.45. The molecule has 0 saturated carbocycles. The number of nitrogens with one attached hydrogen (secondary N) is 1. The monoisotopic (exact) mass is 381 g/mol. The van der Waals surface area contributed by atoms with Gasteiger partial charge in [0.2, 0.25) is 0 Å². The fourth-order valence-corrected chi connectivity index (χ4v) is 3.67. The van der Waals surface area contributed by atoms with Gasteiger partial charge in [0.25, 0.3) is 0 Å². The van der Waals surface area contributed by atoms with Gasteiger partial charge in [-0.2, -0.15) is 0 Å². The lowest BCUT2D eigenvalue weighted by atomic mass is 10.1. The van der Waals surface area contributed by atoms with Crippen molar-refractivity contribution in [2.45, 2.75) is 25.6 Å². The van der Waals surface area contributed by atoms with Crippen molar-refractivity contribution in [3.63, 3.8) is 0 Å². The van der Waals surface area contributed by atoms with E-state index in [1.807, 2.05) is 48.5 Å². The van der Waals surface area contributed by atoms with Crippen LogP contribution in [0.15, 0.2) is 48.5 Å². The number of anilines is 1. The maximum absolute atomic E-state index is 12.8. The average Bonchev–Trinajstić information content (AvgIpc) is 3.07. The first-order chi connectivity index (χ1) is 13.7. The molecule has 28 heavy (non-hydrogen) atoms. The predicted octanol–water partition coefficient (Wildman–Crippen LogP) is 3.14. The summed E-state index contributed by atoms with van der Waals surface area (Å²) in [6.07, 6.45) is 0.328. The van der Waals surface area contributed by atoms with E-state index in [1.165, 1.54) is 0 Å². The van der Waals surface area contributed by atoms with Crippen LogP contribution in [-0.4, -0.2) is 43.3 Å². The Bertz CT molecular complexity index is 871. The molecule has 2 aliphatic rings. The molecule has 2 aromatic rings. The minimum Gasteiger partial charge on any atom is -0.497 e. The number of fused-ring (bicyclic) bond motifs is 3. The van der Waals surface area contributed by atoms with Gasteiger partial charge >= 0.3 is 12.1 Å². The molecule has 1 saturated heterocycles. The molecule has 1 N–H and O–H groups in total. The van der Waals surface area contributed by atoms with E-state index in [9.17, 15) is 9.59 Å². The summed E-state index contributed by atoms with van der Waals surface area (Å²) in [6.45, 7) is 1.74. The van der Waals surface area contributed by atoms with Gasteiger partial charge in [-0.05, 0) is 35.7 Å². The van der Waals surface area contributed by atoms with Crippen molar-refractivity contribution >= 4 is 17.8 Å². The predicted molar refractivity (Wildman–Crippen MR) is 104 cm³/mol. The Labute approximate surface area is 163 Å². The Kier molecular flexibility index (Phi) is 5.06. The Morgan fingerprint density at radius 1 is 1.25 bits per heavy atom. The van der Waals surface area contributed by atoms with Gasteiger partial charge < -0.3 is 19.7 Å². The van der Waals surface area contributed by atoms with Gasteiger partial charge in [0.1, 0.15) is 12.4 Å². The number of ether oxygens (including phenoxy) is 2. The lowest BCUT2D eigenvalue weighted by Gasteiger charge is -2.32. The third-order valence-electron chi connectivity index (χ3n) is 5.17. The SMILES string of the molecule is COc1ccc2c(c1)CN(C(=O)NCc1ccccc1)CCC1COC(=O)N21. The minimum atomic E-state index is -0.335. The minimum absolute atomic E-state index is 0.0793. The number of urea groups is 1.